The summed E-state index contributed by atoms with van der Waals surface area (Å²) in [5.74, 6) is 0.168. The summed E-state index contributed by atoms with van der Waals surface area (Å²) < 4.78 is 6.03. The number of hydrogen-bond donors (Lipinski definition) is 2. The second-order valence-corrected chi connectivity index (χ2v) is 13.7. The van der Waals surface area contributed by atoms with Crippen LogP contribution >= 0.6 is 0 Å². The Balaban J connectivity index is 4.41. The lowest BCUT2D eigenvalue weighted by Gasteiger charge is -2.22. The molecule has 9 nitrogen and oxygen atoms in total. The number of hydrazone groups is 1. The Hall–Kier alpha value is -2.31. The summed E-state index contributed by atoms with van der Waals surface area (Å²) in [5.41, 5.74) is 2.48. The number of esters is 1. The molecule has 0 aromatic carbocycles. The van der Waals surface area contributed by atoms with E-state index in [4.69, 9.17) is 10.00 Å². The van der Waals surface area contributed by atoms with Gasteiger partial charge in [-0.3, -0.25) is 15.5 Å². The first-order chi connectivity index (χ1) is 24.1. The van der Waals surface area contributed by atoms with Crippen LogP contribution in [0.4, 0.5) is 0 Å². The number of carbonyl (C=O) groups excluding carboxylic acids is 2. The van der Waals surface area contributed by atoms with Crippen LogP contribution in [0.5, 0.6) is 0 Å². The number of carbonyl (C=O) groups is 2. The molecule has 0 aliphatic rings. The van der Waals surface area contributed by atoms with Crippen LogP contribution < -0.4 is 10.7 Å². The van der Waals surface area contributed by atoms with Gasteiger partial charge in [-0.25, -0.2) is 4.99 Å². The van der Waals surface area contributed by atoms with Crippen molar-refractivity contribution >= 4 is 24.8 Å². The van der Waals surface area contributed by atoms with E-state index in [2.05, 4.69) is 46.3 Å². The van der Waals surface area contributed by atoms with E-state index >= 15 is 0 Å². The summed E-state index contributed by atoms with van der Waals surface area (Å²) in [6, 6.07) is 1.95. The normalized spacial score (nSPS) is 11.6. The number of aldehydes is 1. The van der Waals surface area contributed by atoms with Crippen LogP contribution in [-0.2, 0) is 14.3 Å². The molecule has 0 atom stereocenters. The Bertz CT molecular complexity index is 815. The molecule has 0 unspecified atom stereocenters. The van der Waals surface area contributed by atoms with Gasteiger partial charge >= 0.3 is 5.97 Å². The van der Waals surface area contributed by atoms with Gasteiger partial charge in [-0.05, 0) is 84.0 Å². The lowest BCUT2D eigenvalue weighted by molar-refractivity contribution is -0.150. The topological polar surface area (TPSA) is 119 Å². The van der Waals surface area contributed by atoms with Crippen molar-refractivity contribution in [3.8, 4) is 6.07 Å². The Morgan fingerprint density at radius 3 is 1.82 bits per heavy atom. The molecule has 9 heteroatoms. The largest absolute Gasteiger partial charge is 0.462 e. The second-order valence-electron chi connectivity index (χ2n) is 13.7. The fraction of sp³-hybridized carbons (Fsp3) is 0.875. The van der Waals surface area contributed by atoms with Crippen molar-refractivity contribution in [2.45, 2.75) is 193 Å². The zero-order valence-electron chi connectivity index (χ0n) is 32.0. The molecule has 0 saturated carbocycles. The fourth-order valence-corrected chi connectivity index (χ4v) is 6.19. The van der Waals surface area contributed by atoms with Gasteiger partial charge in [0.25, 0.3) is 0 Å². The lowest BCUT2D eigenvalue weighted by atomic mass is 10.0. The zero-order valence-corrected chi connectivity index (χ0v) is 32.0. The number of ether oxygens (including phenoxy) is 1. The van der Waals surface area contributed by atoms with Gasteiger partial charge in [0.15, 0.2) is 0 Å². The summed E-state index contributed by atoms with van der Waals surface area (Å²) in [4.78, 5) is 30.0. The van der Waals surface area contributed by atoms with Gasteiger partial charge in [0, 0.05) is 19.6 Å². The molecule has 2 N–H and O–H groups in total. The number of rotatable bonds is 38. The van der Waals surface area contributed by atoms with E-state index in [9.17, 15) is 9.59 Å². The summed E-state index contributed by atoms with van der Waals surface area (Å²) in [7, 11) is 0. The van der Waals surface area contributed by atoms with Gasteiger partial charge in [-0.15, -0.1) is 0 Å². The maximum absolute atomic E-state index is 12.7. The maximum atomic E-state index is 12.7. The number of amidine groups is 1. The third-order valence-electron chi connectivity index (χ3n) is 9.18. The Morgan fingerprint density at radius 1 is 0.755 bits per heavy atom. The van der Waals surface area contributed by atoms with Crippen molar-refractivity contribution in [2.75, 3.05) is 32.8 Å². The molecule has 0 saturated heterocycles. The van der Waals surface area contributed by atoms with E-state index in [0.29, 0.717) is 19.5 Å². The van der Waals surface area contributed by atoms with Crippen molar-refractivity contribution in [2.24, 2.45) is 10.1 Å². The molecule has 0 bridgehead atoms. The number of hydrogen-bond acceptors (Lipinski definition) is 8. The Morgan fingerprint density at radius 2 is 1.27 bits per heavy atom. The molecule has 0 aliphatic carbocycles. The highest BCUT2D eigenvalue weighted by Crippen LogP contribution is 2.18. The third-order valence-corrected chi connectivity index (χ3v) is 9.18. The molecule has 0 aromatic heterocycles. The molecule has 0 radical (unpaired) electrons. The van der Waals surface area contributed by atoms with E-state index in [1.807, 2.05) is 6.07 Å². The quantitative estimate of drug-likeness (QED) is 0.0166. The predicted octanol–water partition coefficient (Wildman–Crippen LogP) is 9.65. The van der Waals surface area contributed by atoms with Crippen molar-refractivity contribution in [1.29, 1.82) is 5.26 Å². The van der Waals surface area contributed by atoms with Crippen LogP contribution in [0.15, 0.2) is 10.1 Å². The molecule has 0 fully saturated rings. The molecule has 284 valence electrons. The van der Waals surface area contributed by atoms with Gasteiger partial charge in [0.1, 0.15) is 18.5 Å². The van der Waals surface area contributed by atoms with Gasteiger partial charge in [0.05, 0.1) is 6.67 Å². The van der Waals surface area contributed by atoms with E-state index in [1.165, 1.54) is 109 Å². The van der Waals surface area contributed by atoms with Crippen LogP contribution in [0.3, 0.4) is 0 Å². The molecular weight excluding hydrogens is 612 g/mol. The van der Waals surface area contributed by atoms with Crippen molar-refractivity contribution in [3.05, 3.63) is 0 Å². The summed E-state index contributed by atoms with van der Waals surface area (Å²) in [5, 5.41) is 15.8. The first-order valence-electron chi connectivity index (χ1n) is 20.3. The smallest absolute Gasteiger partial charge is 0.306 e. The number of nitrogens with one attached hydrogen (secondary N) is 2. The third kappa shape index (κ3) is 33.9. The standard InChI is InChI=1S/C40H76N6O3/c1-4-6-8-10-15-21-28-38(29-22-16-11-9-7-5-2)49-40(48)30-23-17-14-19-25-33-46(32-24-18-12-13-20-26-35-47)34-27-31-43-37-44-39(36-41)45-42-3/h35,38,43H,3-34,37H2,1-2H3,(H,44,45). The molecule has 0 rings (SSSR count). The minimum Gasteiger partial charge on any atom is -0.462 e. The van der Waals surface area contributed by atoms with Crippen molar-refractivity contribution in [1.82, 2.24) is 15.6 Å². The molecule has 0 amide bonds. The van der Waals surface area contributed by atoms with Gasteiger partial charge < -0.3 is 14.4 Å². The average molecular weight is 689 g/mol. The van der Waals surface area contributed by atoms with Gasteiger partial charge in [-0.1, -0.05) is 117 Å². The summed E-state index contributed by atoms with van der Waals surface area (Å²) in [6.07, 6.45) is 32.0. The first kappa shape index (κ1) is 46.7. The van der Waals surface area contributed by atoms with Crippen LogP contribution in [0.2, 0.25) is 0 Å². The van der Waals surface area contributed by atoms with Crippen LogP contribution in [0.1, 0.15) is 187 Å². The van der Waals surface area contributed by atoms with Crippen molar-refractivity contribution < 1.29 is 14.3 Å². The second kappa shape index (κ2) is 38.5. The van der Waals surface area contributed by atoms with Crippen LogP contribution in [0, 0.1) is 11.3 Å². The molecule has 0 heterocycles. The van der Waals surface area contributed by atoms with E-state index < -0.39 is 0 Å². The summed E-state index contributed by atoms with van der Waals surface area (Å²) >= 11 is 0. The highest BCUT2D eigenvalue weighted by molar-refractivity contribution is 5.96. The maximum Gasteiger partial charge on any atom is 0.306 e. The zero-order chi connectivity index (χ0) is 35.9. The minimum absolute atomic E-state index is 0.0103. The molecule has 0 aliphatic heterocycles. The average Bonchev–Trinajstić information content (AvgIpc) is 3.10. The SMILES string of the molecule is C=NN/C(C#N)=N\CNCCCN(CCCCCCCC=O)CCCCCCCC(=O)OC(CCCCCCCC)CCCCCCCC. The van der Waals surface area contributed by atoms with E-state index in [-0.39, 0.29) is 17.9 Å². The van der Waals surface area contributed by atoms with Crippen molar-refractivity contribution in [3.63, 3.8) is 0 Å². The van der Waals surface area contributed by atoms with Crippen LogP contribution in [0.25, 0.3) is 0 Å². The number of unbranched alkanes of at least 4 members (excludes halogenated alkanes) is 19. The van der Waals surface area contributed by atoms with E-state index in [0.717, 1.165) is 83.8 Å². The van der Waals surface area contributed by atoms with Crippen LogP contribution in [-0.4, -0.2) is 68.7 Å². The number of nitrogens with zero attached hydrogens (tertiary/aromatic N) is 4. The lowest BCUT2D eigenvalue weighted by Crippen LogP contribution is -2.30. The molecular formula is C40H76N6O3. The predicted molar refractivity (Wildman–Crippen MR) is 207 cm³/mol. The highest BCUT2D eigenvalue weighted by Gasteiger charge is 2.14. The van der Waals surface area contributed by atoms with E-state index in [1.54, 1.807) is 0 Å². The molecule has 49 heavy (non-hydrogen) atoms. The minimum atomic E-state index is 0.0103. The Labute approximate surface area is 301 Å². The Kier molecular flexibility index (Phi) is 36.7. The van der Waals surface area contributed by atoms with Gasteiger partial charge in [0.2, 0.25) is 5.84 Å². The number of aliphatic imine (C=N–C) groups is 1. The van der Waals surface area contributed by atoms with Gasteiger partial charge in [-0.2, -0.15) is 10.4 Å². The summed E-state index contributed by atoms with van der Waals surface area (Å²) in [6.45, 7) is 12.3. The fourth-order valence-electron chi connectivity index (χ4n) is 6.19. The monoisotopic (exact) mass is 689 g/mol. The number of nitriles is 1. The highest BCUT2D eigenvalue weighted by atomic mass is 16.5. The molecule has 0 aromatic rings. The molecule has 0 spiro atoms. The first-order valence-corrected chi connectivity index (χ1v) is 20.3.